The van der Waals surface area contributed by atoms with Gasteiger partial charge in [0.1, 0.15) is 0 Å². The Hall–Kier alpha value is -1.84. The van der Waals surface area contributed by atoms with Crippen LogP contribution in [0.1, 0.15) is 91.8 Å². The van der Waals surface area contributed by atoms with Crippen LogP contribution in [0.2, 0.25) is 0 Å². The summed E-state index contributed by atoms with van der Waals surface area (Å²) >= 11 is 0. The van der Waals surface area contributed by atoms with Crippen molar-refractivity contribution in [3.05, 3.63) is 59.8 Å². The first-order chi connectivity index (χ1) is 16.8. The van der Waals surface area contributed by atoms with Gasteiger partial charge >= 0.3 is 0 Å². The number of aromatic nitrogens is 1. The fourth-order valence-electron chi connectivity index (χ4n) is 8.26. The van der Waals surface area contributed by atoms with E-state index >= 15 is 0 Å². The Morgan fingerprint density at radius 3 is 2.56 bits per heavy atom. The average molecular weight is 490 g/mol. The molecule has 6 atom stereocenters. The number of rotatable bonds is 5. The maximum Gasteiger partial charge on any atom is 0.0860 e. The molecule has 3 heteroatoms. The fraction of sp³-hybridized carbons (Fsp3) is 0.636. The fourth-order valence-corrected chi connectivity index (χ4v) is 8.26. The lowest BCUT2D eigenvalue weighted by Gasteiger charge is -2.53. The minimum Gasteiger partial charge on any atom is -0.388 e. The second-order valence-electron chi connectivity index (χ2n) is 13.7. The average Bonchev–Trinajstić information content (AvgIpc) is 3.35. The van der Waals surface area contributed by atoms with E-state index in [0.29, 0.717) is 11.8 Å². The van der Waals surface area contributed by atoms with Gasteiger partial charge in [-0.2, -0.15) is 0 Å². The quantitative estimate of drug-likeness (QED) is 0.420. The summed E-state index contributed by atoms with van der Waals surface area (Å²) in [5, 5.41) is 12.1. The molecule has 1 unspecified atom stereocenters. The Kier molecular flexibility index (Phi) is 6.16. The normalized spacial score (nSPS) is 35.2. The number of benzene rings is 1. The van der Waals surface area contributed by atoms with Gasteiger partial charge in [-0.3, -0.25) is 0 Å². The Balaban J connectivity index is 1.53. The number of hydrogen-bond acceptors (Lipinski definition) is 2. The van der Waals surface area contributed by atoms with Gasteiger partial charge in [0, 0.05) is 22.0 Å². The van der Waals surface area contributed by atoms with Crippen LogP contribution >= 0.6 is 0 Å². The van der Waals surface area contributed by atoms with Crippen molar-refractivity contribution in [3.63, 3.8) is 0 Å². The van der Waals surface area contributed by atoms with E-state index in [9.17, 15) is 5.11 Å². The molecule has 3 aliphatic rings. The maximum absolute atomic E-state index is 10.7. The van der Waals surface area contributed by atoms with E-state index in [1.165, 1.54) is 35.0 Å². The van der Waals surface area contributed by atoms with Gasteiger partial charge in [0.2, 0.25) is 0 Å². The van der Waals surface area contributed by atoms with Crippen LogP contribution in [0.3, 0.4) is 0 Å². The first-order valence-corrected chi connectivity index (χ1v) is 14.1. The first kappa shape index (κ1) is 25.8. The van der Waals surface area contributed by atoms with E-state index in [0.717, 1.165) is 25.7 Å². The van der Waals surface area contributed by atoms with Crippen molar-refractivity contribution in [3.8, 4) is 0 Å². The van der Waals surface area contributed by atoms with Crippen molar-refractivity contribution in [1.82, 2.24) is 4.98 Å². The van der Waals surface area contributed by atoms with E-state index < -0.39 is 5.60 Å². The van der Waals surface area contributed by atoms with Gasteiger partial charge < -0.3 is 14.8 Å². The van der Waals surface area contributed by atoms with Crippen molar-refractivity contribution in [2.75, 3.05) is 0 Å². The minimum absolute atomic E-state index is 0.0826. The van der Waals surface area contributed by atoms with Gasteiger partial charge in [0.25, 0.3) is 0 Å². The summed E-state index contributed by atoms with van der Waals surface area (Å²) in [4.78, 5) is 3.78. The number of allylic oxidation sites excluding steroid dienone is 2. The second kappa shape index (κ2) is 8.60. The molecule has 2 fully saturated rings. The molecule has 1 aromatic heterocycles. The molecule has 5 rings (SSSR count). The zero-order valence-electron chi connectivity index (χ0n) is 23.6. The van der Waals surface area contributed by atoms with E-state index in [1.807, 2.05) is 13.8 Å². The summed E-state index contributed by atoms with van der Waals surface area (Å²) in [6.07, 6.45) is 11.3. The Morgan fingerprint density at radius 1 is 1.14 bits per heavy atom. The summed E-state index contributed by atoms with van der Waals surface area (Å²) < 4.78 is 6.71. The van der Waals surface area contributed by atoms with E-state index in [1.54, 1.807) is 5.57 Å². The third-order valence-corrected chi connectivity index (χ3v) is 10.9. The van der Waals surface area contributed by atoms with Crippen LogP contribution in [-0.4, -0.2) is 27.9 Å². The highest BCUT2D eigenvalue weighted by atomic mass is 16.5. The van der Waals surface area contributed by atoms with Crippen LogP contribution < -0.4 is 0 Å². The highest BCUT2D eigenvalue weighted by Crippen LogP contribution is 2.64. The summed E-state index contributed by atoms with van der Waals surface area (Å²) in [6.45, 7) is 19.9. The van der Waals surface area contributed by atoms with Crippen molar-refractivity contribution < 1.29 is 9.84 Å². The van der Waals surface area contributed by atoms with E-state index in [4.69, 9.17) is 4.74 Å². The molecule has 3 nitrogen and oxygen atoms in total. The Labute approximate surface area is 218 Å². The molecule has 0 spiro atoms. The Morgan fingerprint density at radius 2 is 1.86 bits per heavy atom. The molecular formula is C33H47NO2. The molecule has 2 aromatic rings. The molecule has 196 valence electrons. The monoisotopic (exact) mass is 489 g/mol. The molecule has 2 heterocycles. The smallest absolute Gasteiger partial charge is 0.0860 e. The third-order valence-electron chi connectivity index (χ3n) is 10.9. The molecule has 0 bridgehead atoms. The van der Waals surface area contributed by atoms with Crippen LogP contribution in [-0.2, 0) is 16.6 Å². The van der Waals surface area contributed by atoms with Crippen LogP contribution in [0.25, 0.3) is 10.9 Å². The highest BCUT2D eigenvalue weighted by Gasteiger charge is 2.59. The van der Waals surface area contributed by atoms with Gasteiger partial charge in [0.05, 0.1) is 17.8 Å². The number of aliphatic hydroxyl groups is 1. The lowest BCUT2D eigenvalue weighted by molar-refractivity contribution is -0.200. The third kappa shape index (κ3) is 3.84. The van der Waals surface area contributed by atoms with E-state index in [-0.39, 0.29) is 28.5 Å². The van der Waals surface area contributed by atoms with Gasteiger partial charge in [0.15, 0.2) is 0 Å². The van der Waals surface area contributed by atoms with Gasteiger partial charge in [-0.25, -0.2) is 0 Å². The lowest BCUT2D eigenvalue weighted by atomic mass is 9.56. The SMILES string of the molecule is C=CC(C)(C)c1[nH]c2ccccc2c1C[C@@H]1CC[C@@H]2[C@@]1(C)C(C)=CCC1O[C@H](C(C)(C)O)CC[C@]12C. The predicted molar refractivity (Wildman–Crippen MR) is 150 cm³/mol. The number of nitrogens with one attached hydrogen (secondary N) is 1. The number of aromatic amines is 1. The van der Waals surface area contributed by atoms with E-state index in [2.05, 4.69) is 82.6 Å². The number of H-pyrrole nitrogens is 1. The van der Waals surface area contributed by atoms with Crippen molar-refractivity contribution in [2.24, 2.45) is 22.7 Å². The molecule has 36 heavy (non-hydrogen) atoms. The molecule has 1 aromatic carbocycles. The topological polar surface area (TPSA) is 45.2 Å². The predicted octanol–water partition coefficient (Wildman–Crippen LogP) is 7.88. The second-order valence-corrected chi connectivity index (χ2v) is 13.7. The maximum atomic E-state index is 10.7. The summed E-state index contributed by atoms with van der Waals surface area (Å²) in [5.74, 6) is 1.17. The first-order valence-electron chi connectivity index (χ1n) is 14.1. The number of hydrogen-bond donors (Lipinski definition) is 2. The largest absolute Gasteiger partial charge is 0.388 e. The summed E-state index contributed by atoms with van der Waals surface area (Å²) in [6, 6.07) is 8.80. The van der Waals surface area contributed by atoms with Gasteiger partial charge in [-0.1, -0.05) is 63.6 Å². The number of para-hydroxylation sites is 1. The summed E-state index contributed by atoms with van der Waals surface area (Å²) in [7, 11) is 0. The molecular weight excluding hydrogens is 442 g/mol. The lowest BCUT2D eigenvalue weighted by Crippen LogP contribution is -2.54. The molecule has 0 amide bonds. The Bertz CT molecular complexity index is 1180. The highest BCUT2D eigenvalue weighted by molar-refractivity contribution is 5.85. The standard InChI is InChI=1S/C33H47NO2/c1-9-30(3,4)29-24(23-12-10-11-13-25(23)34-29)20-22-15-16-26-32(7)19-18-27(31(5,6)35)36-28(32)17-14-21(2)33(22,26)8/h9-14,22,26-28,34-35H,1,15-20H2,2-8H3/t22-,26-,27-,28?,32-,33-/m0/s1. The van der Waals surface area contributed by atoms with Crippen LogP contribution in [0.4, 0.5) is 0 Å². The number of fused-ring (bicyclic) bond motifs is 4. The summed E-state index contributed by atoms with van der Waals surface area (Å²) in [5.41, 5.74) is 4.93. The van der Waals surface area contributed by atoms with Crippen molar-refractivity contribution in [1.29, 1.82) is 0 Å². The molecule has 1 aliphatic heterocycles. The van der Waals surface area contributed by atoms with Crippen LogP contribution in [0.15, 0.2) is 48.6 Å². The molecule has 1 saturated heterocycles. The number of ether oxygens (including phenoxy) is 1. The zero-order valence-corrected chi connectivity index (χ0v) is 23.6. The molecule has 0 radical (unpaired) electrons. The molecule has 2 N–H and O–H groups in total. The zero-order chi connectivity index (χ0) is 26.1. The van der Waals surface area contributed by atoms with Gasteiger partial charge in [-0.15, -0.1) is 6.58 Å². The van der Waals surface area contributed by atoms with Gasteiger partial charge in [-0.05, 0) is 93.6 Å². The molecule has 2 aliphatic carbocycles. The van der Waals surface area contributed by atoms with Crippen molar-refractivity contribution in [2.45, 2.75) is 110 Å². The van der Waals surface area contributed by atoms with Crippen molar-refractivity contribution >= 4 is 10.9 Å². The molecule has 1 saturated carbocycles. The van der Waals surface area contributed by atoms with Crippen LogP contribution in [0, 0.1) is 22.7 Å². The van der Waals surface area contributed by atoms with Crippen LogP contribution in [0.5, 0.6) is 0 Å². The minimum atomic E-state index is -0.794.